The van der Waals surface area contributed by atoms with E-state index in [0.717, 1.165) is 12.8 Å². The summed E-state index contributed by atoms with van der Waals surface area (Å²) in [5.41, 5.74) is 0.471. The van der Waals surface area contributed by atoms with Crippen LogP contribution in [0.1, 0.15) is 43.0 Å². The summed E-state index contributed by atoms with van der Waals surface area (Å²) in [6, 6.07) is 5.80. The largest absolute Gasteiger partial charge is 0.353 e. The van der Waals surface area contributed by atoms with Crippen LogP contribution < -0.4 is 5.32 Å². The minimum atomic E-state index is -0.355. The van der Waals surface area contributed by atoms with E-state index in [4.69, 9.17) is 0 Å². The first-order chi connectivity index (χ1) is 11.0. The van der Waals surface area contributed by atoms with Gasteiger partial charge < -0.3 is 10.2 Å². The van der Waals surface area contributed by atoms with Crippen molar-refractivity contribution in [3.8, 4) is 0 Å². The average Bonchev–Trinajstić information content (AvgIpc) is 3.40. The lowest BCUT2D eigenvalue weighted by Gasteiger charge is -2.32. The van der Waals surface area contributed by atoms with Crippen molar-refractivity contribution in [1.29, 1.82) is 0 Å². The highest BCUT2D eigenvalue weighted by Crippen LogP contribution is 2.32. The van der Waals surface area contributed by atoms with Crippen molar-refractivity contribution < 1.29 is 14.0 Å². The first-order valence-corrected chi connectivity index (χ1v) is 8.40. The molecule has 0 bridgehead atoms. The Kier molecular flexibility index (Phi) is 4.64. The van der Waals surface area contributed by atoms with Crippen LogP contribution in [-0.2, 0) is 4.79 Å². The van der Waals surface area contributed by atoms with Gasteiger partial charge in [0.15, 0.2) is 0 Å². The number of likely N-dealkylation sites (tertiary alicyclic amines) is 1. The monoisotopic (exact) mass is 318 g/mol. The second kappa shape index (κ2) is 6.69. The maximum atomic E-state index is 13.0. The summed E-state index contributed by atoms with van der Waals surface area (Å²) in [6.45, 7) is 3.15. The fourth-order valence-corrected chi connectivity index (χ4v) is 3.21. The molecule has 1 saturated heterocycles. The SMILES string of the molecule is CC(NC(=O)C1CCCN(C(=O)c2ccc(F)cc2)C1)C1CC1. The molecular weight excluding hydrogens is 295 g/mol. The number of amides is 2. The minimum Gasteiger partial charge on any atom is -0.353 e. The van der Waals surface area contributed by atoms with Crippen molar-refractivity contribution in [1.82, 2.24) is 10.2 Å². The minimum absolute atomic E-state index is 0.0565. The number of nitrogens with zero attached hydrogens (tertiary/aromatic N) is 1. The molecule has 1 saturated carbocycles. The van der Waals surface area contributed by atoms with Crippen LogP contribution in [0.3, 0.4) is 0 Å². The van der Waals surface area contributed by atoms with Crippen LogP contribution in [0.4, 0.5) is 4.39 Å². The van der Waals surface area contributed by atoms with Gasteiger partial charge in [-0.3, -0.25) is 9.59 Å². The quantitative estimate of drug-likeness (QED) is 0.927. The zero-order chi connectivity index (χ0) is 16.4. The predicted octanol–water partition coefficient (Wildman–Crippen LogP) is 2.59. The van der Waals surface area contributed by atoms with Gasteiger partial charge in [-0.1, -0.05) is 0 Å². The molecule has 2 aliphatic rings. The van der Waals surface area contributed by atoms with Gasteiger partial charge >= 0.3 is 0 Å². The van der Waals surface area contributed by atoms with E-state index in [1.54, 1.807) is 4.90 Å². The number of halogens is 1. The Labute approximate surface area is 136 Å². The lowest BCUT2D eigenvalue weighted by molar-refractivity contribution is -0.127. The number of piperidine rings is 1. The van der Waals surface area contributed by atoms with Crippen LogP contribution in [0.2, 0.25) is 0 Å². The molecule has 0 aromatic heterocycles. The molecule has 1 aliphatic carbocycles. The molecule has 1 N–H and O–H groups in total. The van der Waals surface area contributed by atoms with E-state index in [9.17, 15) is 14.0 Å². The Morgan fingerprint density at radius 2 is 1.91 bits per heavy atom. The van der Waals surface area contributed by atoms with Gasteiger partial charge in [0.25, 0.3) is 5.91 Å². The molecule has 2 amide bonds. The molecule has 2 atom stereocenters. The van der Waals surface area contributed by atoms with E-state index in [2.05, 4.69) is 12.2 Å². The molecule has 5 heteroatoms. The van der Waals surface area contributed by atoms with Crippen molar-refractivity contribution in [3.05, 3.63) is 35.6 Å². The van der Waals surface area contributed by atoms with Crippen molar-refractivity contribution in [2.75, 3.05) is 13.1 Å². The molecule has 1 aromatic rings. The molecule has 4 nitrogen and oxygen atoms in total. The number of carbonyl (C=O) groups excluding carboxylic acids is 2. The van der Waals surface area contributed by atoms with E-state index < -0.39 is 0 Å². The van der Waals surface area contributed by atoms with Crippen LogP contribution in [-0.4, -0.2) is 35.8 Å². The summed E-state index contributed by atoms with van der Waals surface area (Å²) in [5.74, 6) is 0.0547. The highest BCUT2D eigenvalue weighted by Gasteiger charge is 2.33. The predicted molar refractivity (Wildman–Crippen MR) is 85.4 cm³/mol. The van der Waals surface area contributed by atoms with Gasteiger partial charge in [0.1, 0.15) is 5.82 Å². The molecule has 0 spiro atoms. The van der Waals surface area contributed by atoms with Crippen LogP contribution in [0, 0.1) is 17.7 Å². The normalized spacial score (nSPS) is 22.5. The third-order valence-corrected chi connectivity index (χ3v) is 4.87. The molecule has 23 heavy (non-hydrogen) atoms. The number of hydrogen-bond donors (Lipinski definition) is 1. The van der Waals surface area contributed by atoms with Crippen molar-refractivity contribution in [3.63, 3.8) is 0 Å². The smallest absolute Gasteiger partial charge is 0.253 e. The molecule has 1 aromatic carbocycles. The molecule has 0 radical (unpaired) electrons. The summed E-state index contributed by atoms with van der Waals surface area (Å²) in [6.07, 6.45) is 4.03. The Bertz CT molecular complexity index is 583. The zero-order valence-corrected chi connectivity index (χ0v) is 13.4. The molecule has 124 valence electrons. The van der Waals surface area contributed by atoms with Crippen molar-refractivity contribution >= 4 is 11.8 Å². The maximum absolute atomic E-state index is 13.0. The third kappa shape index (κ3) is 3.89. The molecule has 1 aliphatic heterocycles. The van der Waals surface area contributed by atoms with E-state index in [1.807, 2.05) is 0 Å². The summed E-state index contributed by atoms with van der Waals surface area (Å²) >= 11 is 0. The topological polar surface area (TPSA) is 49.4 Å². The van der Waals surface area contributed by atoms with Crippen molar-refractivity contribution in [2.45, 2.75) is 38.6 Å². The molecule has 2 fully saturated rings. The van der Waals surface area contributed by atoms with Gasteiger partial charge in [-0.25, -0.2) is 4.39 Å². The number of benzene rings is 1. The summed E-state index contributed by atoms with van der Waals surface area (Å²) in [5, 5.41) is 3.09. The first kappa shape index (κ1) is 16.0. The fraction of sp³-hybridized carbons (Fsp3) is 0.556. The zero-order valence-electron chi connectivity index (χ0n) is 13.4. The van der Waals surface area contributed by atoms with Gasteiger partial charge in [0, 0.05) is 24.7 Å². The summed E-state index contributed by atoms with van der Waals surface area (Å²) in [7, 11) is 0. The van der Waals surface area contributed by atoms with Crippen LogP contribution in [0.5, 0.6) is 0 Å². The van der Waals surface area contributed by atoms with E-state index in [0.29, 0.717) is 24.6 Å². The van der Waals surface area contributed by atoms with Gasteiger partial charge in [-0.15, -0.1) is 0 Å². The average molecular weight is 318 g/mol. The summed E-state index contributed by atoms with van der Waals surface area (Å²) < 4.78 is 13.0. The Morgan fingerprint density at radius 3 is 2.57 bits per heavy atom. The molecule has 3 rings (SSSR count). The van der Waals surface area contributed by atoms with Gasteiger partial charge in [-0.05, 0) is 62.8 Å². The Morgan fingerprint density at radius 1 is 1.22 bits per heavy atom. The molecule has 1 heterocycles. The lowest BCUT2D eigenvalue weighted by Crippen LogP contribution is -2.47. The van der Waals surface area contributed by atoms with Crippen LogP contribution in [0.25, 0.3) is 0 Å². The molecule has 2 unspecified atom stereocenters. The highest BCUT2D eigenvalue weighted by molar-refractivity contribution is 5.94. The molecular formula is C18H23FN2O2. The van der Waals surface area contributed by atoms with E-state index in [-0.39, 0.29) is 29.6 Å². The van der Waals surface area contributed by atoms with Crippen molar-refractivity contribution in [2.24, 2.45) is 11.8 Å². The van der Waals surface area contributed by atoms with Crippen LogP contribution >= 0.6 is 0 Å². The first-order valence-electron chi connectivity index (χ1n) is 8.40. The standard InChI is InChI=1S/C18H23FN2O2/c1-12(13-4-5-13)20-17(22)15-3-2-10-21(11-15)18(23)14-6-8-16(19)9-7-14/h6-9,12-13,15H,2-5,10-11H2,1H3,(H,20,22). The van der Waals surface area contributed by atoms with Gasteiger partial charge in [0.05, 0.1) is 5.92 Å². The summed E-state index contributed by atoms with van der Waals surface area (Å²) in [4.78, 5) is 26.6. The Hall–Kier alpha value is -1.91. The fourth-order valence-electron chi connectivity index (χ4n) is 3.21. The number of carbonyl (C=O) groups is 2. The second-order valence-electron chi connectivity index (χ2n) is 6.73. The van der Waals surface area contributed by atoms with E-state index >= 15 is 0 Å². The number of rotatable bonds is 4. The second-order valence-corrected chi connectivity index (χ2v) is 6.73. The van der Waals surface area contributed by atoms with Gasteiger partial charge in [0.2, 0.25) is 5.91 Å². The van der Waals surface area contributed by atoms with Crippen LogP contribution in [0.15, 0.2) is 24.3 Å². The lowest BCUT2D eigenvalue weighted by atomic mass is 9.96. The Balaban J connectivity index is 1.59. The maximum Gasteiger partial charge on any atom is 0.253 e. The number of nitrogens with one attached hydrogen (secondary N) is 1. The third-order valence-electron chi connectivity index (χ3n) is 4.87. The van der Waals surface area contributed by atoms with E-state index in [1.165, 1.54) is 37.1 Å². The number of hydrogen-bond acceptors (Lipinski definition) is 2. The highest BCUT2D eigenvalue weighted by atomic mass is 19.1. The van der Waals surface area contributed by atoms with Gasteiger partial charge in [-0.2, -0.15) is 0 Å².